The largest absolute Gasteiger partial charge is 0.497 e. The fraction of sp³-hybridized carbons (Fsp3) is 0.280. The van der Waals surface area contributed by atoms with E-state index in [0.29, 0.717) is 34.7 Å². The molecule has 3 aromatic carbocycles. The van der Waals surface area contributed by atoms with Crippen molar-refractivity contribution < 1.29 is 14.2 Å². The summed E-state index contributed by atoms with van der Waals surface area (Å²) in [5.74, 6) is 2.18. The summed E-state index contributed by atoms with van der Waals surface area (Å²) in [6.45, 7) is 4.30. The topological polar surface area (TPSA) is 39.7 Å². The number of hydrogen-bond acceptors (Lipinski definition) is 4. The first-order chi connectivity index (χ1) is 15.5. The zero-order valence-corrected chi connectivity index (χ0v) is 21.2. The van der Waals surface area contributed by atoms with Crippen LogP contribution in [-0.2, 0) is 19.6 Å². The summed E-state index contributed by atoms with van der Waals surface area (Å²) in [4.78, 5) is 0. The smallest absolute Gasteiger partial charge is 0.175 e. The average Bonchev–Trinajstić information content (AvgIpc) is 2.78. The van der Waals surface area contributed by atoms with E-state index in [4.69, 9.17) is 37.4 Å². The molecule has 4 nitrogen and oxygen atoms in total. The molecule has 32 heavy (non-hydrogen) atoms. The minimum atomic E-state index is 0.247. The van der Waals surface area contributed by atoms with Crippen LogP contribution >= 0.6 is 39.1 Å². The number of rotatable bonds is 11. The predicted octanol–water partition coefficient (Wildman–Crippen LogP) is 7.07. The van der Waals surface area contributed by atoms with Gasteiger partial charge < -0.3 is 19.5 Å². The van der Waals surface area contributed by atoms with Gasteiger partial charge in [0.05, 0.1) is 18.2 Å². The molecule has 0 fully saturated rings. The standard InChI is InChI=1S/C25H26BrCl2NO3/c1-3-31-24-14-18(15-29-12-11-17-7-9-19(30-2)10-8-17)13-21(26)25(24)32-16-20-22(27)5-4-6-23(20)28/h4-10,13-14,29H,3,11-12,15-16H2,1-2H3. The van der Waals surface area contributed by atoms with Crippen LogP contribution in [0.5, 0.6) is 17.2 Å². The maximum atomic E-state index is 6.27. The SMILES string of the molecule is CCOc1cc(CNCCc2ccc(OC)cc2)cc(Br)c1OCc1c(Cl)cccc1Cl. The lowest BCUT2D eigenvalue weighted by Gasteiger charge is -2.17. The van der Waals surface area contributed by atoms with Crippen molar-refractivity contribution in [1.29, 1.82) is 0 Å². The molecule has 0 saturated heterocycles. The maximum absolute atomic E-state index is 6.27. The molecular weight excluding hydrogens is 513 g/mol. The highest BCUT2D eigenvalue weighted by Crippen LogP contribution is 2.38. The number of methoxy groups -OCH3 is 1. The van der Waals surface area contributed by atoms with E-state index in [9.17, 15) is 0 Å². The molecule has 0 radical (unpaired) electrons. The highest BCUT2D eigenvalue weighted by Gasteiger charge is 2.14. The van der Waals surface area contributed by atoms with Crippen LogP contribution in [0.2, 0.25) is 10.0 Å². The lowest BCUT2D eigenvalue weighted by Crippen LogP contribution is -2.17. The van der Waals surface area contributed by atoms with Gasteiger partial charge in [-0.15, -0.1) is 0 Å². The van der Waals surface area contributed by atoms with Crippen molar-refractivity contribution in [2.75, 3.05) is 20.3 Å². The fourth-order valence-corrected chi connectivity index (χ4v) is 4.31. The summed E-state index contributed by atoms with van der Waals surface area (Å²) in [6, 6.07) is 17.6. The normalized spacial score (nSPS) is 10.8. The van der Waals surface area contributed by atoms with Crippen LogP contribution in [0.15, 0.2) is 59.1 Å². The third-order valence-corrected chi connectivity index (χ3v) is 6.17. The van der Waals surface area contributed by atoms with Gasteiger partial charge in [-0.25, -0.2) is 0 Å². The molecule has 0 aliphatic heterocycles. The van der Waals surface area contributed by atoms with Crippen molar-refractivity contribution in [3.63, 3.8) is 0 Å². The maximum Gasteiger partial charge on any atom is 0.175 e. The number of nitrogens with one attached hydrogen (secondary N) is 1. The van der Waals surface area contributed by atoms with E-state index in [2.05, 4.69) is 33.4 Å². The minimum Gasteiger partial charge on any atom is -0.497 e. The molecule has 1 N–H and O–H groups in total. The summed E-state index contributed by atoms with van der Waals surface area (Å²) < 4.78 is 17.9. The summed E-state index contributed by atoms with van der Waals surface area (Å²) in [6.07, 6.45) is 0.934. The molecule has 0 atom stereocenters. The van der Waals surface area contributed by atoms with E-state index >= 15 is 0 Å². The Labute approximate surface area is 207 Å². The third kappa shape index (κ3) is 6.79. The van der Waals surface area contributed by atoms with Crippen LogP contribution in [0, 0.1) is 0 Å². The molecule has 170 valence electrons. The van der Waals surface area contributed by atoms with Gasteiger partial charge in [-0.3, -0.25) is 0 Å². The Kier molecular flexibility index (Phi) is 9.54. The Balaban J connectivity index is 1.62. The number of halogens is 3. The van der Waals surface area contributed by atoms with E-state index in [-0.39, 0.29) is 6.61 Å². The second kappa shape index (κ2) is 12.4. The quantitative estimate of drug-likeness (QED) is 0.265. The zero-order chi connectivity index (χ0) is 22.9. The Morgan fingerprint density at radius 2 is 1.66 bits per heavy atom. The fourth-order valence-electron chi connectivity index (χ4n) is 3.20. The zero-order valence-electron chi connectivity index (χ0n) is 18.1. The van der Waals surface area contributed by atoms with Gasteiger partial charge in [0, 0.05) is 22.2 Å². The Bertz CT molecular complexity index is 1010. The van der Waals surface area contributed by atoms with Crippen molar-refractivity contribution in [1.82, 2.24) is 5.32 Å². The van der Waals surface area contributed by atoms with Gasteiger partial charge in [0.2, 0.25) is 0 Å². The second-order valence-corrected chi connectivity index (χ2v) is 8.77. The lowest BCUT2D eigenvalue weighted by atomic mass is 10.1. The minimum absolute atomic E-state index is 0.247. The molecular formula is C25H26BrCl2NO3. The monoisotopic (exact) mass is 537 g/mol. The summed E-state index contributed by atoms with van der Waals surface area (Å²) >= 11 is 16.2. The Morgan fingerprint density at radius 1 is 0.938 bits per heavy atom. The molecule has 3 rings (SSSR count). The number of hydrogen-bond donors (Lipinski definition) is 1. The molecule has 0 aliphatic rings. The van der Waals surface area contributed by atoms with E-state index in [1.54, 1.807) is 19.2 Å². The van der Waals surface area contributed by atoms with Gasteiger partial charge in [-0.1, -0.05) is 41.4 Å². The lowest BCUT2D eigenvalue weighted by molar-refractivity contribution is 0.267. The van der Waals surface area contributed by atoms with Crippen LogP contribution in [-0.4, -0.2) is 20.3 Å². The van der Waals surface area contributed by atoms with E-state index in [1.165, 1.54) is 5.56 Å². The van der Waals surface area contributed by atoms with Gasteiger partial charge in [-0.05, 0) is 83.3 Å². The van der Waals surface area contributed by atoms with Crippen molar-refractivity contribution in [2.24, 2.45) is 0 Å². The van der Waals surface area contributed by atoms with Crippen LogP contribution in [0.25, 0.3) is 0 Å². The molecule has 0 bridgehead atoms. The van der Waals surface area contributed by atoms with Gasteiger partial charge >= 0.3 is 0 Å². The van der Waals surface area contributed by atoms with E-state index < -0.39 is 0 Å². The van der Waals surface area contributed by atoms with E-state index in [0.717, 1.165) is 34.3 Å². The Hall–Kier alpha value is -1.92. The molecule has 0 aliphatic carbocycles. The highest BCUT2D eigenvalue weighted by molar-refractivity contribution is 9.10. The Morgan fingerprint density at radius 3 is 2.31 bits per heavy atom. The van der Waals surface area contributed by atoms with Crippen molar-refractivity contribution >= 4 is 39.1 Å². The first-order valence-electron chi connectivity index (χ1n) is 10.4. The van der Waals surface area contributed by atoms with Gasteiger partial charge in [0.1, 0.15) is 12.4 Å². The highest BCUT2D eigenvalue weighted by atomic mass is 79.9. The van der Waals surface area contributed by atoms with Gasteiger partial charge in [0.15, 0.2) is 11.5 Å². The van der Waals surface area contributed by atoms with Crippen LogP contribution in [0.3, 0.4) is 0 Å². The second-order valence-electron chi connectivity index (χ2n) is 7.10. The van der Waals surface area contributed by atoms with E-state index in [1.807, 2.05) is 37.3 Å². The molecule has 0 amide bonds. The molecule has 0 unspecified atom stereocenters. The van der Waals surface area contributed by atoms with Crippen molar-refractivity contribution in [2.45, 2.75) is 26.5 Å². The first-order valence-corrected chi connectivity index (χ1v) is 11.9. The van der Waals surface area contributed by atoms with Crippen molar-refractivity contribution in [3.8, 4) is 17.2 Å². The predicted molar refractivity (Wildman–Crippen MR) is 135 cm³/mol. The molecule has 7 heteroatoms. The summed E-state index contributed by atoms with van der Waals surface area (Å²) in [7, 11) is 1.67. The number of benzene rings is 3. The summed E-state index contributed by atoms with van der Waals surface area (Å²) in [5.41, 5.74) is 3.10. The first kappa shape index (κ1) is 24.7. The summed E-state index contributed by atoms with van der Waals surface area (Å²) in [5, 5.41) is 4.63. The van der Waals surface area contributed by atoms with Gasteiger partial charge in [-0.2, -0.15) is 0 Å². The number of ether oxygens (including phenoxy) is 3. The average molecular weight is 539 g/mol. The van der Waals surface area contributed by atoms with Gasteiger partial charge in [0.25, 0.3) is 0 Å². The van der Waals surface area contributed by atoms with Crippen LogP contribution in [0.4, 0.5) is 0 Å². The third-order valence-electron chi connectivity index (χ3n) is 4.87. The molecule has 0 saturated carbocycles. The van der Waals surface area contributed by atoms with Crippen LogP contribution in [0.1, 0.15) is 23.6 Å². The molecule has 0 spiro atoms. The molecule has 3 aromatic rings. The molecule has 0 heterocycles. The molecule has 0 aromatic heterocycles. The van der Waals surface area contributed by atoms with Crippen molar-refractivity contribution in [3.05, 3.63) is 85.8 Å². The van der Waals surface area contributed by atoms with Crippen LogP contribution < -0.4 is 19.5 Å².